The van der Waals surface area contributed by atoms with Crippen LogP contribution in [0.15, 0.2) is 0 Å². The highest BCUT2D eigenvalue weighted by Gasteiger charge is 2.49. The van der Waals surface area contributed by atoms with Gasteiger partial charge in [-0.05, 0) is 33.7 Å². The van der Waals surface area contributed by atoms with Crippen LogP contribution in [0.5, 0.6) is 0 Å². The van der Waals surface area contributed by atoms with Crippen LogP contribution in [0.3, 0.4) is 0 Å². The Morgan fingerprint density at radius 2 is 2.00 bits per heavy atom. The topological polar surface area (TPSA) is 41.6 Å². The third-order valence-corrected chi connectivity index (χ3v) is 2.74. The minimum Gasteiger partial charge on any atom is -0.444 e. The van der Waals surface area contributed by atoms with E-state index in [0.29, 0.717) is 0 Å². The summed E-state index contributed by atoms with van der Waals surface area (Å²) in [6.07, 6.45) is 1.00. The van der Waals surface area contributed by atoms with Crippen molar-refractivity contribution in [3.8, 4) is 0 Å². The van der Waals surface area contributed by atoms with Gasteiger partial charge in [0.1, 0.15) is 5.60 Å². The summed E-state index contributed by atoms with van der Waals surface area (Å²) in [5.41, 5.74) is -0.135. The van der Waals surface area contributed by atoms with Crippen molar-refractivity contribution in [2.24, 2.45) is 0 Å². The molecule has 80 valence electrons. The van der Waals surface area contributed by atoms with Crippen LogP contribution in [0, 0.1) is 0 Å². The molecule has 4 nitrogen and oxygen atoms in total. The second kappa shape index (κ2) is 2.86. The number of amides is 1. The Bertz CT molecular complexity index is 245. The van der Waals surface area contributed by atoms with E-state index in [1.165, 1.54) is 6.42 Å². The monoisotopic (exact) mass is 198 g/mol. The Kier molecular flexibility index (Phi) is 2.00. The van der Waals surface area contributed by atoms with Gasteiger partial charge in [0.2, 0.25) is 0 Å². The number of likely N-dealkylation sites (tertiary alicyclic amines) is 1. The predicted octanol–water partition coefficient (Wildman–Crippen LogP) is 0.969. The molecule has 2 aliphatic heterocycles. The number of nitrogens with one attached hydrogen (secondary N) is 1. The Morgan fingerprint density at radius 3 is 2.36 bits per heavy atom. The Balaban J connectivity index is 1.79. The summed E-state index contributed by atoms with van der Waals surface area (Å²) >= 11 is 0. The molecule has 0 atom stereocenters. The molecule has 0 aromatic carbocycles. The number of hydrogen-bond donors (Lipinski definition) is 1. The van der Waals surface area contributed by atoms with Crippen molar-refractivity contribution < 1.29 is 9.53 Å². The molecule has 2 aliphatic rings. The van der Waals surface area contributed by atoms with Gasteiger partial charge in [-0.2, -0.15) is 0 Å². The van der Waals surface area contributed by atoms with E-state index in [9.17, 15) is 4.79 Å². The summed E-state index contributed by atoms with van der Waals surface area (Å²) in [7, 11) is 0. The number of rotatable bonds is 0. The first-order chi connectivity index (χ1) is 6.40. The number of nitrogens with zero attached hydrogens (tertiary/aromatic N) is 1. The number of carbonyl (C=O) groups is 1. The van der Waals surface area contributed by atoms with Crippen molar-refractivity contribution in [2.75, 3.05) is 19.6 Å². The second-order valence-electron chi connectivity index (χ2n) is 5.29. The quantitative estimate of drug-likeness (QED) is 0.630. The van der Waals surface area contributed by atoms with Crippen LogP contribution in [0.1, 0.15) is 27.2 Å². The fraction of sp³-hybridized carbons (Fsp3) is 0.900. The Labute approximate surface area is 84.6 Å². The van der Waals surface area contributed by atoms with Crippen LogP contribution >= 0.6 is 0 Å². The summed E-state index contributed by atoms with van der Waals surface area (Å²) < 4.78 is 5.26. The lowest BCUT2D eigenvalue weighted by atomic mass is 9.81. The van der Waals surface area contributed by atoms with Crippen molar-refractivity contribution in [2.45, 2.75) is 38.3 Å². The largest absolute Gasteiger partial charge is 0.444 e. The zero-order valence-corrected chi connectivity index (χ0v) is 9.09. The molecule has 2 heterocycles. The average molecular weight is 198 g/mol. The van der Waals surface area contributed by atoms with Crippen molar-refractivity contribution in [1.29, 1.82) is 0 Å². The number of carbonyl (C=O) groups excluding carboxylic acids is 1. The van der Waals surface area contributed by atoms with Crippen LogP contribution in [0.2, 0.25) is 0 Å². The van der Waals surface area contributed by atoms with Gasteiger partial charge in [0, 0.05) is 13.1 Å². The van der Waals surface area contributed by atoms with Gasteiger partial charge in [-0.25, -0.2) is 4.79 Å². The summed E-state index contributed by atoms with van der Waals surface area (Å²) in [6, 6.07) is 0. The Hall–Kier alpha value is -0.770. The van der Waals surface area contributed by atoms with Gasteiger partial charge in [-0.1, -0.05) is 0 Å². The lowest BCUT2D eigenvalue weighted by molar-refractivity contribution is -0.0355. The summed E-state index contributed by atoms with van der Waals surface area (Å²) in [5.74, 6) is 0. The lowest BCUT2D eigenvalue weighted by Crippen LogP contribution is -2.76. The number of ether oxygens (including phenoxy) is 1. The second-order valence-corrected chi connectivity index (χ2v) is 5.29. The Morgan fingerprint density at radius 1 is 1.43 bits per heavy atom. The average Bonchev–Trinajstić information content (AvgIpc) is 1.74. The van der Waals surface area contributed by atoms with Gasteiger partial charge in [0.15, 0.2) is 0 Å². The molecule has 0 unspecified atom stereocenters. The molecule has 0 aliphatic carbocycles. The van der Waals surface area contributed by atoms with Crippen molar-refractivity contribution in [1.82, 2.24) is 10.2 Å². The maximum absolute atomic E-state index is 11.5. The van der Waals surface area contributed by atoms with E-state index in [1.807, 2.05) is 20.8 Å². The predicted molar refractivity (Wildman–Crippen MR) is 53.2 cm³/mol. The minimum absolute atomic E-state index is 0.183. The summed E-state index contributed by atoms with van der Waals surface area (Å²) in [6.45, 7) is 8.37. The molecule has 0 aromatic heterocycles. The van der Waals surface area contributed by atoms with Crippen LogP contribution < -0.4 is 5.32 Å². The van der Waals surface area contributed by atoms with Gasteiger partial charge in [0.25, 0.3) is 0 Å². The molecule has 2 rings (SSSR count). The fourth-order valence-corrected chi connectivity index (χ4v) is 1.89. The lowest BCUT2D eigenvalue weighted by Gasteiger charge is -2.55. The molecular weight excluding hydrogens is 180 g/mol. The van der Waals surface area contributed by atoms with E-state index < -0.39 is 0 Å². The molecular formula is C10H18N2O2. The first-order valence-corrected chi connectivity index (χ1v) is 5.13. The molecule has 1 spiro atoms. The molecule has 14 heavy (non-hydrogen) atoms. The zero-order valence-electron chi connectivity index (χ0n) is 9.09. The maximum Gasteiger partial charge on any atom is 0.410 e. The van der Waals surface area contributed by atoms with E-state index in [2.05, 4.69) is 5.32 Å². The molecule has 0 aromatic rings. The van der Waals surface area contributed by atoms with Crippen molar-refractivity contribution in [3.63, 3.8) is 0 Å². The molecule has 1 amide bonds. The van der Waals surface area contributed by atoms with Crippen LogP contribution in [-0.2, 0) is 4.74 Å². The summed E-state index contributed by atoms with van der Waals surface area (Å²) in [4.78, 5) is 13.3. The maximum atomic E-state index is 11.5. The highest BCUT2D eigenvalue weighted by molar-refractivity contribution is 5.70. The van der Waals surface area contributed by atoms with E-state index >= 15 is 0 Å². The molecule has 0 bridgehead atoms. The van der Waals surface area contributed by atoms with Gasteiger partial charge in [-0.15, -0.1) is 0 Å². The van der Waals surface area contributed by atoms with Crippen molar-refractivity contribution in [3.05, 3.63) is 0 Å². The molecule has 0 saturated carbocycles. The van der Waals surface area contributed by atoms with Gasteiger partial charge < -0.3 is 15.0 Å². The highest BCUT2D eigenvalue weighted by atomic mass is 16.6. The van der Waals surface area contributed by atoms with Crippen LogP contribution in [-0.4, -0.2) is 41.8 Å². The normalized spacial score (nSPS) is 24.1. The zero-order chi connectivity index (χ0) is 10.4. The number of hydrogen-bond acceptors (Lipinski definition) is 3. The van der Waals surface area contributed by atoms with Gasteiger partial charge in [0.05, 0.1) is 5.54 Å². The van der Waals surface area contributed by atoms with Crippen molar-refractivity contribution >= 4 is 6.09 Å². The molecule has 1 N–H and O–H groups in total. The first kappa shape index (κ1) is 9.77. The van der Waals surface area contributed by atoms with Gasteiger partial charge >= 0.3 is 6.09 Å². The van der Waals surface area contributed by atoms with E-state index in [0.717, 1.165) is 19.6 Å². The molecule has 2 fully saturated rings. The minimum atomic E-state index is -0.382. The van der Waals surface area contributed by atoms with E-state index in [4.69, 9.17) is 4.74 Å². The first-order valence-electron chi connectivity index (χ1n) is 5.13. The van der Waals surface area contributed by atoms with E-state index in [1.54, 1.807) is 4.90 Å². The molecule has 0 radical (unpaired) electrons. The highest BCUT2D eigenvalue weighted by Crippen LogP contribution is 2.30. The third-order valence-electron chi connectivity index (χ3n) is 2.74. The molecule has 2 saturated heterocycles. The van der Waals surface area contributed by atoms with Crippen LogP contribution in [0.4, 0.5) is 4.79 Å². The molecule has 4 heteroatoms. The van der Waals surface area contributed by atoms with Crippen LogP contribution in [0.25, 0.3) is 0 Å². The summed E-state index contributed by atoms with van der Waals surface area (Å²) in [5, 5.41) is 3.36. The standard InChI is InChI=1S/C10H18N2O2/c1-9(2,3)14-8(13)12-6-10(7-12)4-5-11-10/h11H,4-7H2,1-3H3. The third kappa shape index (κ3) is 1.71. The SMILES string of the molecule is CC(C)(C)OC(=O)N1CC2(CCN2)C1. The fourth-order valence-electron chi connectivity index (χ4n) is 1.89. The van der Waals surface area contributed by atoms with E-state index in [-0.39, 0.29) is 17.2 Å². The van der Waals surface area contributed by atoms with Gasteiger partial charge in [-0.3, -0.25) is 0 Å². The smallest absolute Gasteiger partial charge is 0.410 e.